The van der Waals surface area contributed by atoms with Crippen molar-refractivity contribution in [3.8, 4) is 0 Å². The first-order valence-corrected chi connectivity index (χ1v) is 7.89. The second-order valence-corrected chi connectivity index (χ2v) is 6.24. The number of aryl methyl sites for hydroxylation is 1. The minimum absolute atomic E-state index is 0.276. The summed E-state index contributed by atoms with van der Waals surface area (Å²) in [6.45, 7) is 2.43. The minimum Gasteiger partial charge on any atom is -0.480 e. The van der Waals surface area contributed by atoms with Crippen LogP contribution in [0.5, 0.6) is 0 Å². The van der Waals surface area contributed by atoms with Gasteiger partial charge in [0.2, 0.25) is 5.91 Å². The van der Waals surface area contributed by atoms with Crippen LogP contribution in [0.25, 0.3) is 0 Å². The average molecular weight is 359 g/mol. The normalized spacial score (nSPS) is 18.4. The molecule has 8 heteroatoms. The Labute approximate surface area is 143 Å². The van der Waals surface area contributed by atoms with Crippen molar-refractivity contribution in [2.75, 3.05) is 13.2 Å². The van der Waals surface area contributed by atoms with Crippen molar-refractivity contribution in [2.45, 2.75) is 43.8 Å². The number of benzene rings is 1. The standard InChI is InChI=1S/C17H20F3NO4/c1-11-2-4-12(5-3-11)16(6-8-25-9-7-16)15(24)21-13(14(22)23)10-17(18,19)20/h2-5,13H,6-10H2,1H3,(H,21,24)(H,22,23). The molecule has 1 heterocycles. The number of carboxylic acid groups (broad SMARTS) is 1. The molecule has 1 aliphatic heterocycles. The molecule has 1 aromatic carbocycles. The Bertz CT molecular complexity index is 622. The molecule has 25 heavy (non-hydrogen) atoms. The van der Waals surface area contributed by atoms with Gasteiger partial charge in [0.05, 0.1) is 11.8 Å². The number of rotatable bonds is 5. The van der Waals surface area contributed by atoms with Gasteiger partial charge in [-0.15, -0.1) is 0 Å². The molecular weight excluding hydrogens is 339 g/mol. The minimum atomic E-state index is -4.69. The molecule has 0 aromatic heterocycles. The lowest BCUT2D eigenvalue weighted by molar-refractivity contribution is -0.161. The lowest BCUT2D eigenvalue weighted by Gasteiger charge is -2.37. The van der Waals surface area contributed by atoms with E-state index in [0.29, 0.717) is 5.56 Å². The SMILES string of the molecule is Cc1ccc(C2(C(=O)NC(CC(F)(F)F)C(=O)O)CCOCC2)cc1. The van der Waals surface area contributed by atoms with Crippen LogP contribution in [0.4, 0.5) is 13.2 Å². The predicted octanol–water partition coefficient (Wildman–Crippen LogP) is 2.57. The maximum Gasteiger partial charge on any atom is 0.391 e. The zero-order valence-electron chi connectivity index (χ0n) is 13.7. The Morgan fingerprint density at radius 3 is 2.28 bits per heavy atom. The van der Waals surface area contributed by atoms with Crippen molar-refractivity contribution in [1.82, 2.24) is 5.32 Å². The first-order valence-electron chi connectivity index (χ1n) is 7.89. The number of halogens is 3. The molecule has 0 saturated carbocycles. The zero-order valence-corrected chi connectivity index (χ0v) is 13.7. The molecule has 1 unspecified atom stereocenters. The Morgan fingerprint density at radius 2 is 1.80 bits per heavy atom. The summed E-state index contributed by atoms with van der Waals surface area (Å²) >= 11 is 0. The van der Waals surface area contributed by atoms with Crippen molar-refractivity contribution in [1.29, 1.82) is 0 Å². The Kier molecular flexibility index (Phi) is 5.72. The van der Waals surface area contributed by atoms with Gasteiger partial charge in [-0.1, -0.05) is 29.8 Å². The van der Waals surface area contributed by atoms with E-state index in [1.54, 1.807) is 12.1 Å². The molecule has 138 valence electrons. The van der Waals surface area contributed by atoms with Crippen LogP contribution in [0.2, 0.25) is 0 Å². The van der Waals surface area contributed by atoms with E-state index in [1.807, 2.05) is 19.1 Å². The molecule has 1 aromatic rings. The Morgan fingerprint density at radius 1 is 1.24 bits per heavy atom. The second kappa shape index (κ2) is 7.43. The van der Waals surface area contributed by atoms with E-state index < -0.39 is 35.9 Å². The lowest BCUT2D eigenvalue weighted by atomic mass is 9.73. The number of ether oxygens (including phenoxy) is 1. The van der Waals surface area contributed by atoms with Gasteiger partial charge in [-0.25, -0.2) is 4.79 Å². The third-order valence-electron chi connectivity index (χ3n) is 4.42. The quantitative estimate of drug-likeness (QED) is 0.847. The topological polar surface area (TPSA) is 75.6 Å². The number of aliphatic carboxylic acids is 1. The molecule has 0 radical (unpaired) electrons. The van der Waals surface area contributed by atoms with E-state index in [9.17, 15) is 22.8 Å². The van der Waals surface area contributed by atoms with E-state index in [-0.39, 0.29) is 26.1 Å². The number of amides is 1. The Balaban J connectivity index is 2.29. The number of hydrogen-bond donors (Lipinski definition) is 2. The highest BCUT2D eigenvalue weighted by Crippen LogP contribution is 2.36. The molecule has 0 bridgehead atoms. The maximum absolute atomic E-state index is 12.8. The van der Waals surface area contributed by atoms with Crippen molar-refractivity contribution < 1.29 is 32.6 Å². The molecule has 5 nitrogen and oxygen atoms in total. The predicted molar refractivity (Wildman–Crippen MR) is 83.1 cm³/mol. The fraction of sp³-hybridized carbons (Fsp3) is 0.529. The highest BCUT2D eigenvalue weighted by Gasteiger charge is 2.44. The number of carboxylic acids is 1. The van der Waals surface area contributed by atoms with Gasteiger partial charge in [-0.2, -0.15) is 13.2 Å². The second-order valence-electron chi connectivity index (χ2n) is 6.24. The van der Waals surface area contributed by atoms with Gasteiger partial charge in [-0.3, -0.25) is 4.79 Å². The summed E-state index contributed by atoms with van der Waals surface area (Å²) in [6, 6.07) is 5.10. The molecular formula is C17H20F3NO4. The zero-order chi connectivity index (χ0) is 18.7. The highest BCUT2D eigenvalue weighted by atomic mass is 19.4. The maximum atomic E-state index is 12.8. The van der Waals surface area contributed by atoms with Crippen LogP contribution in [-0.2, 0) is 19.7 Å². The number of nitrogens with one attached hydrogen (secondary N) is 1. The fourth-order valence-electron chi connectivity index (χ4n) is 2.97. The monoisotopic (exact) mass is 359 g/mol. The summed E-state index contributed by atoms with van der Waals surface area (Å²) < 4.78 is 43.0. The van der Waals surface area contributed by atoms with Crippen molar-refractivity contribution in [3.63, 3.8) is 0 Å². The van der Waals surface area contributed by atoms with E-state index in [1.165, 1.54) is 0 Å². The fourth-order valence-corrected chi connectivity index (χ4v) is 2.97. The molecule has 1 fully saturated rings. The molecule has 2 rings (SSSR count). The van der Waals surface area contributed by atoms with Gasteiger partial charge in [-0.05, 0) is 25.3 Å². The highest BCUT2D eigenvalue weighted by molar-refractivity contribution is 5.91. The van der Waals surface area contributed by atoms with Gasteiger partial charge < -0.3 is 15.2 Å². The van der Waals surface area contributed by atoms with Gasteiger partial charge in [0, 0.05) is 13.2 Å². The number of carbonyl (C=O) groups excluding carboxylic acids is 1. The summed E-state index contributed by atoms with van der Waals surface area (Å²) in [7, 11) is 0. The largest absolute Gasteiger partial charge is 0.480 e. The number of alkyl halides is 3. The molecule has 1 amide bonds. The molecule has 1 atom stereocenters. The lowest BCUT2D eigenvalue weighted by Crippen LogP contribution is -2.53. The summed E-state index contributed by atoms with van der Waals surface area (Å²) in [6.07, 6.45) is -5.75. The molecule has 0 spiro atoms. The van der Waals surface area contributed by atoms with Crippen molar-refractivity contribution >= 4 is 11.9 Å². The molecule has 2 N–H and O–H groups in total. The van der Waals surface area contributed by atoms with Crippen molar-refractivity contribution in [3.05, 3.63) is 35.4 Å². The summed E-state index contributed by atoms with van der Waals surface area (Å²) in [5, 5.41) is 11.1. The number of carbonyl (C=O) groups is 2. The van der Waals surface area contributed by atoms with E-state index in [2.05, 4.69) is 5.32 Å². The summed E-state index contributed by atoms with van der Waals surface area (Å²) in [4.78, 5) is 24.0. The molecule has 1 saturated heterocycles. The van der Waals surface area contributed by atoms with Crippen LogP contribution in [0.15, 0.2) is 24.3 Å². The van der Waals surface area contributed by atoms with Crippen LogP contribution in [0, 0.1) is 6.92 Å². The van der Waals surface area contributed by atoms with Crippen LogP contribution in [0.1, 0.15) is 30.4 Å². The average Bonchev–Trinajstić information content (AvgIpc) is 2.54. The van der Waals surface area contributed by atoms with Crippen molar-refractivity contribution in [2.24, 2.45) is 0 Å². The van der Waals surface area contributed by atoms with Crippen LogP contribution >= 0.6 is 0 Å². The van der Waals surface area contributed by atoms with Gasteiger partial charge in [0.15, 0.2) is 0 Å². The van der Waals surface area contributed by atoms with Crippen LogP contribution < -0.4 is 5.32 Å². The molecule has 1 aliphatic rings. The first kappa shape index (κ1) is 19.2. The van der Waals surface area contributed by atoms with Gasteiger partial charge >= 0.3 is 12.1 Å². The summed E-state index contributed by atoms with van der Waals surface area (Å²) in [5.74, 6) is -2.42. The summed E-state index contributed by atoms with van der Waals surface area (Å²) in [5.41, 5.74) is 0.535. The van der Waals surface area contributed by atoms with Gasteiger partial charge in [0.1, 0.15) is 6.04 Å². The number of hydrogen-bond acceptors (Lipinski definition) is 3. The molecule has 0 aliphatic carbocycles. The van der Waals surface area contributed by atoms with Crippen LogP contribution in [0.3, 0.4) is 0 Å². The van der Waals surface area contributed by atoms with E-state index in [0.717, 1.165) is 5.56 Å². The van der Waals surface area contributed by atoms with Gasteiger partial charge in [0.25, 0.3) is 0 Å². The third kappa shape index (κ3) is 4.72. The third-order valence-corrected chi connectivity index (χ3v) is 4.42. The van der Waals surface area contributed by atoms with E-state index in [4.69, 9.17) is 9.84 Å². The Hall–Kier alpha value is -2.09. The van der Waals surface area contributed by atoms with E-state index >= 15 is 0 Å². The smallest absolute Gasteiger partial charge is 0.391 e. The van der Waals surface area contributed by atoms with Crippen LogP contribution in [-0.4, -0.2) is 42.4 Å². The first-order chi connectivity index (χ1) is 11.6.